The van der Waals surface area contributed by atoms with E-state index in [0.717, 1.165) is 5.56 Å². The molecule has 11 nitrogen and oxygen atoms in total. The van der Waals surface area contributed by atoms with Crippen LogP contribution in [0.5, 0.6) is 5.75 Å². The van der Waals surface area contributed by atoms with Crippen molar-refractivity contribution < 1.29 is 13.2 Å². The van der Waals surface area contributed by atoms with Crippen LogP contribution in [0.1, 0.15) is 33.2 Å². The van der Waals surface area contributed by atoms with Gasteiger partial charge in [0, 0.05) is 24.8 Å². The summed E-state index contributed by atoms with van der Waals surface area (Å²) in [5.41, 5.74) is 7.63. The van der Waals surface area contributed by atoms with E-state index in [1.165, 1.54) is 15.1 Å². The molecule has 4 heterocycles. The number of nitrogens with two attached hydrogens (primary N) is 1. The number of sulfonamides is 1. The first kappa shape index (κ1) is 20.5. The van der Waals surface area contributed by atoms with Crippen LogP contribution in [0.4, 0.5) is 5.95 Å². The summed E-state index contributed by atoms with van der Waals surface area (Å²) in [4.78, 5) is 8.77. The Morgan fingerprint density at radius 3 is 2.77 bits per heavy atom. The van der Waals surface area contributed by atoms with Crippen molar-refractivity contribution in [3.63, 3.8) is 0 Å². The summed E-state index contributed by atoms with van der Waals surface area (Å²) in [6.07, 6.45) is 7.06. The molecule has 12 heteroatoms. The first-order valence-electron chi connectivity index (χ1n) is 9.80. The molecule has 3 aromatic heterocycles. The lowest BCUT2D eigenvalue weighted by atomic mass is 9.95. The van der Waals surface area contributed by atoms with E-state index >= 15 is 0 Å². The van der Waals surface area contributed by atoms with Gasteiger partial charge in [0.15, 0.2) is 5.75 Å². The second-order valence-corrected chi connectivity index (χ2v) is 9.97. The van der Waals surface area contributed by atoms with Crippen LogP contribution in [0.3, 0.4) is 0 Å². The molecule has 1 aliphatic rings. The highest BCUT2D eigenvalue weighted by Gasteiger charge is 2.32. The lowest BCUT2D eigenvalue weighted by Crippen LogP contribution is -2.43. The number of ether oxygens (including phenoxy) is 1. The average molecular weight is 435 g/mol. The topological polar surface area (TPSA) is 134 Å². The summed E-state index contributed by atoms with van der Waals surface area (Å²) in [6, 6.07) is 0.0960. The van der Waals surface area contributed by atoms with E-state index in [2.05, 4.69) is 20.2 Å². The van der Waals surface area contributed by atoms with Crippen molar-refractivity contribution in [2.75, 3.05) is 25.1 Å². The van der Waals surface area contributed by atoms with Gasteiger partial charge in [-0.3, -0.25) is 4.68 Å². The lowest BCUT2D eigenvalue weighted by Gasteiger charge is -2.35. The molecule has 2 unspecified atom stereocenters. The van der Waals surface area contributed by atoms with E-state index in [1.54, 1.807) is 12.5 Å². The molecule has 1 aliphatic heterocycles. The van der Waals surface area contributed by atoms with Gasteiger partial charge in [0.25, 0.3) is 0 Å². The fraction of sp³-hybridized carbons (Fsp3) is 0.556. The highest BCUT2D eigenvalue weighted by Crippen LogP contribution is 2.34. The summed E-state index contributed by atoms with van der Waals surface area (Å²) in [5.74, 6) is 0.764. The van der Waals surface area contributed by atoms with E-state index < -0.39 is 10.0 Å². The van der Waals surface area contributed by atoms with Crippen molar-refractivity contribution in [1.82, 2.24) is 33.7 Å². The highest BCUT2D eigenvalue weighted by molar-refractivity contribution is 7.88. The maximum absolute atomic E-state index is 11.9. The van der Waals surface area contributed by atoms with Gasteiger partial charge >= 0.3 is 0 Å². The van der Waals surface area contributed by atoms with E-state index in [4.69, 9.17) is 10.5 Å². The van der Waals surface area contributed by atoms with Gasteiger partial charge in [0.2, 0.25) is 21.6 Å². The number of piperidine rings is 1. The summed E-state index contributed by atoms with van der Waals surface area (Å²) < 4.78 is 34.6. The molecule has 0 radical (unpaired) electrons. The van der Waals surface area contributed by atoms with Crippen molar-refractivity contribution in [3.8, 4) is 17.0 Å². The van der Waals surface area contributed by atoms with Crippen molar-refractivity contribution >= 4 is 21.6 Å². The molecule has 0 amide bonds. The lowest BCUT2D eigenvalue weighted by molar-refractivity contribution is 0.191. The minimum absolute atomic E-state index is 0.0925. The Hall–Kier alpha value is -2.73. The van der Waals surface area contributed by atoms with Crippen LogP contribution in [0.15, 0.2) is 18.7 Å². The number of hydrogen-bond acceptors (Lipinski definition) is 8. The number of rotatable bonds is 5. The quantitative estimate of drug-likeness (QED) is 0.633. The molecule has 0 bridgehead atoms. The van der Waals surface area contributed by atoms with E-state index in [0.29, 0.717) is 36.6 Å². The van der Waals surface area contributed by atoms with Gasteiger partial charge in [0.1, 0.15) is 12.0 Å². The third kappa shape index (κ3) is 3.84. The average Bonchev–Trinajstić information content (AvgIpc) is 3.27. The monoisotopic (exact) mass is 434 g/mol. The predicted octanol–water partition coefficient (Wildman–Crippen LogP) is 1.20. The zero-order chi connectivity index (χ0) is 21.6. The summed E-state index contributed by atoms with van der Waals surface area (Å²) in [7, 11) is -3.19. The van der Waals surface area contributed by atoms with Crippen LogP contribution in [0, 0.1) is 5.92 Å². The molecule has 3 aromatic rings. The number of anilines is 1. The van der Waals surface area contributed by atoms with Gasteiger partial charge in [-0.25, -0.2) is 17.7 Å². The number of fused-ring (bicyclic) bond motifs is 1. The molecule has 0 aliphatic carbocycles. The summed E-state index contributed by atoms with van der Waals surface area (Å²) in [5, 5.41) is 8.64. The van der Waals surface area contributed by atoms with Gasteiger partial charge in [-0.05, 0) is 26.2 Å². The highest BCUT2D eigenvalue weighted by atomic mass is 32.2. The Bertz CT molecular complexity index is 1170. The van der Waals surface area contributed by atoms with E-state index in [-0.39, 0.29) is 24.0 Å². The fourth-order valence-corrected chi connectivity index (χ4v) is 4.78. The minimum Gasteiger partial charge on any atom is -0.485 e. The van der Waals surface area contributed by atoms with Crippen LogP contribution < -0.4 is 10.5 Å². The van der Waals surface area contributed by atoms with Gasteiger partial charge in [0.05, 0.1) is 24.6 Å². The van der Waals surface area contributed by atoms with Gasteiger partial charge < -0.3 is 10.5 Å². The molecule has 0 aromatic carbocycles. The van der Waals surface area contributed by atoms with Crippen molar-refractivity contribution in [2.24, 2.45) is 5.92 Å². The molecular weight excluding hydrogens is 408 g/mol. The molecule has 1 fully saturated rings. The van der Waals surface area contributed by atoms with Crippen LogP contribution in [0.2, 0.25) is 0 Å². The molecule has 4 rings (SSSR count). The standard InChI is InChI=1S/C18H26N8O3S/c1-11(2)29-16-15(20-10-26-17(16)22-18(19)23-26)13-7-21-25(9-13)14-5-6-24(8-12(14)3)30(4,27)28/h7,9-12,14H,5-6,8H2,1-4H3,(H2,19,23). The van der Waals surface area contributed by atoms with Crippen molar-refractivity contribution in [1.29, 1.82) is 0 Å². The molecule has 1 saturated heterocycles. The summed E-state index contributed by atoms with van der Waals surface area (Å²) in [6.45, 7) is 6.85. The van der Waals surface area contributed by atoms with Crippen LogP contribution in [0.25, 0.3) is 16.9 Å². The zero-order valence-corrected chi connectivity index (χ0v) is 18.2. The van der Waals surface area contributed by atoms with Crippen molar-refractivity contribution in [3.05, 3.63) is 18.7 Å². The Morgan fingerprint density at radius 1 is 1.33 bits per heavy atom. The number of nitrogen functional groups attached to an aromatic ring is 1. The SMILES string of the molecule is CC(C)Oc1c(-c2cnn(C3CCN(S(C)(=O)=O)CC3C)c2)ncn2nc(N)nc12. The van der Waals surface area contributed by atoms with Gasteiger partial charge in [-0.1, -0.05) is 6.92 Å². The largest absolute Gasteiger partial charge is 0.485 e. The third-order valence-corrected chi connectivity index (χ3v) is 6.49. The Balaban J connectivity index is 1.67. The Kier molecular flexibility index (Phi) is 5.14. The van der Waals surface area contributed by atoms with Gasteiger partial charge in [-0.15, -0.1) is 5.10 Å². The first-order valence-corrected chi connectivity index (χ1v) is 11.7. The maximum atomic E-state index is 11.9. The Morgan fingerprint density at radius 2 is 2.10 bits per heavy atom. The van der Waals surface area contributed by atoms with Gasteiger partial charge in [-0.2, -0.15) is 14.6 Å². The summed E-state index contributed by atoms with van der Waals surface area (Å²) >= 11 is 0. The van der Waals surface area contributed by atoms with Crippen LogP contribution in [-0.2, 0) is 10.0 Å². The zero-order valence-electron chi connectivity index (χ0n) is 17.4. The van der Waals surface area contributed by atoms with Crippen LogP contribution in [-0.4, -0.2) is 67.5 Å². The molecule has 30 heavy (non-hydrogen) atoms. The van der Waals surface area contributed by atoms with Crippen LogP contribution >= 0.6 is 0 Å². The molecule has 162 valence electrons. The molecule has 2 N–H and O–H groups in total. The molecule has 0 spiro atoms. The number of nitrogens with zero attached hydrogens (tertiary/aromatic N) is 7. The second kappa shape index (κ2) is 7.51. The smallest absolute Gasteiger partial charge is 0.240 e. The second-order valence-electron chi connectivity index (χ2n) is 7.99. The number of aromatic nitrogens is 6. The molecule has 2 atom stereocenters. The fourth-order valence-electron chi connectivity index (χ4n) is 3.83. The predicted molar refractivity (Wildman–Crippen MR) is 111 cm³/mol. The maximum Gasteiger partial charge on any atom is 0.240 e. The minimum atomic E-state index is -3.19. The normalized spacial score (nSPS) is 20.8. The molecule has 0 saturated carbocycles. The van der Waals surface area contributed by atoms with E-state index in [1.807, 2.05) is 31.6 Å². The van der Waals surface area contributed by atoms with Crippen molar-refractivity contribution in [2.45, 2.75) is 39.3 Å². The molecular formula is C18H26N8O3S. The van der Waals surface area contributed by atoms with E-state index in [9.17, 15) is 8.42 Å². The third-order valence-electron chi connectivity index (χ3n) is 5.22. The number of hydrogen-bond donors (Lipinski definition) is 1. The first-order chi connectivity index (χ1) is 14.1. The Labute approximate surface area is 174 Å².